The van der Waals surface area contributed by atoms with E-state index in [1.807, 2.05) is 13.0 Å². The van der Waals surface area contributed by atoms with E-state index in [0.717, 1.165) is 17.7 Å². The summed E-state index contributed by atoms with van der Waals surface area (Å²) >= 11 is 0. The Balaban J connectivity index is 2.01. The van der Waals surface area contributed by atoms with Gasteiger partial charge in [0.05, 0.1) is 12.7 Å². The summed E-state index contributed by atoms with van der Waals surface area (Å²) in [6.07, 6.45) is 2.57. The van der Waals surface area contributed by atoms with Gasteiger partial charge in [-0.25, -0.2) is 9.37 Å². The van der Waals surface area contributed by atoms with Crippen molar-refractivity contribution in [1.29, 1.82) is 0 Å². The second kappa shape index (κ2) is 5.78. The molecule has 2 aromatic rings. The average Bonchev–Trinajstić information content (AvgIpc) is 2.76. The number of hydrogen-bond acceptors (Lipinski definition) is 3. The fourth-order valence-electron chi connectivity index (χ4n) is 1.91. The van der Waals surface area contributed by atoms with Crippen molar-refractivity contribution in [2.24, 2.45) is 0 Å². The summed E-state index contributed by atoms with van der Waals surface area (Å²) in [6.45, 7) is 4.46. The molecule has 0 aliphatic rings. The molecule has 0 saturated carbocycles. The van der Waals surface area contributed by atoms with Crippen LogP contribution in [0.15, 0.2) is 34.9 Å². The number of aryl methyl sites for hydroxylation is 1. The fraction of sp³-hybridized carbons (Fsp3) is 0.357. The third-order valence-corrected chi connectivity index (χ3v) is 2.83. The largest absolute Gasteiger partial charge is 0.445 e. The molecular weight excluding hydrogens is 231 g/mol. The Bertz CT molecular complexity index is 510. The molecule has 0 radical (unpaired) electrons. The zero-order valence-electron chi connectivity index (χ0n) is 10.6. The SMILES string of the molecule is CCC(NCc1ncc(C)o1)c1cccc(F)c1. The van der Waals surface area contributed by atoms with Crippen LogP contribution in [-0.4, -0.2) is 4.98 Å². The summed E-state index contributed by atoms with van der Waals surface area (Å²) in [5, 5.41) is 3.32. The van der Waals surface area contributed by atoms with Gasteiger partial charge >= 0.3 is 0 Å². The number of hydrogen-bond donors (Lipinski definition) is 1. The fourth-order valence-corrected chi connectivity index (χ4v) is 1.91. The number of aromatic nitrogens is 1. The summed E-state index contributed by atoms with van der Waals surface area (Å²) in [5.74, 6) is 1.24. The first-order chi connectivity index (χ1) is 8.69. The molecular formula is C14H17FN2O. The van der Waals surface area contributed by atoms with E-state index in [4.69, 9.17) is 4.42 Å². The molecule has 0 aliphatic carbocycles. The van der Waals surface area contributed by atoms with Crippen LogP contribution in [0, 0.1) is 12.7 Å². The summed E-state index contributed by atoms with van der Waals surface area (Å²) in [6, 6.07) is 6.76. The molecule has 3 nitrogen and oxygen atoms in total. The monoisotopic (exact) mass is 248 g/mol. The van der Waals surface area contributed by atoms with E-state index in [-0.39, 0.29) is 11.9 Å². The van der Waals surface area contributed by atoms with Crippen LogP contribution in [0.2, 0.25) is 0 Å². The van der Waals surface area contributed by atoms with Gasteiger partial charge in [0.15, 0.2) is 0 Å². The van der Waals surface area contributed by atoms with Gasteiger partial charge in [0.2, 0.25) is 5.89 Å². The van der Waals surface area contributed by atoms with Gasteiger partial charge in [-0.05, 0) is 31.0 Å². The van der Waals surface area contributed by atoms with E-state index in [1.165, 1.54) is 6.07 Å². The van der Waals surface area contributed by atoms with Gasteiger partial charge < -0.3 is 9.73 Å². The van der Waals surface area contributed by atoms with Gasteiger partial charge in [-0.2, -0.15) is 0 Å². The van der Waals surface area contributed by atoms with Crippen LogP contribution < -0.4 is 5.32 Å². The molecule has 18 heavy (non-hydrogen) atoms. The van der Waals surface area contributed by atoms with Crippen LogP contribution in [0.4, 0.5) is 4.39 Å². The van der Waals surface area contributed by atoms with Crippen LogP contribution >= 0.6 is 0 Å². The average molecular weight is 248 g/mol. The Labute approximate surface area is 106 Å². The van der Waals surface area contributed by atoms with Gasteiger partial charge in [0, 0.05) is 6.04 Å². The van der Waals surface area contributed by atoms with Crippen LogP contribution in [-0.2, 0) is 6.54 Å². The standard InChI is InChI=1S/C14H17FN2O/c1-3-13(11-5-4-6-12(15)7-11)16-9-14-17-8-10(2)18-14/h4-8,13,16H,3,9H2,1-2H3. The maximum absolute atomic E-state index is 13.2. The van der Waals surface area contributed by atoms with Crippen molar-refractivity contribution in [2.45, 2.75) is 32.9 Å². The molecule has 1 unspecified atom stereocenters. The predicted molar refractivity (Wildman–Crippen MR) is 67.5 cm³/mol. The minimum absolute atomic E-state index is 0.105. The van der Waals surface area contributed by atoms with Crippen LogP contribution in [0.5, 0.6) is 0 Å². The highest BCUT2D eigenvalue weighted by Crippen LogP contribution is 2.18. The molecule has 1 heterocycles. The van der Waals surface area contributed by atoms with Crippen molar-refractivity contribution in [3.8, 4) is 0 Å². The Morgan fingerprint density at radius 3 is 2.89 bits per heavy atom. The van der Waals surface area contributed by atoms with Gasteiger partial charge in [-0.15, -0.1) is 0 Å². The maximum Gasteiger partial charge on any atom is 0.208 e. The molecule has 1 N–H and O–H groups in total. The third kappa shape index (κ3) is 3.17. The summed E-state index contributed by atoms with van der Waals surface area (Å²) in [4.78, 5) is 4.13. The van der Waals surface area contributed by atoms with Crippen molar-refractivity contribution >= 4 is 0 Å². The third-order valence-electron chi connectivity index (χ3n) is 2.83. The minimum atomic E-state index is -0.209. The number of benzene rings is 1. The normalized spacial score (nSPS) is 12.6. The molecule has 0 bridgehead atoms. The zero-order valence-corrected chi connectivity index (χ0v) is 10.6. The van der Waals surface area contributed by atoms with Gasteiger partial charge in [-0.1, -0.05) is 19.1 Å². The summed E-state index contributed by atoms with van der Waals surface area (Å²) < 4.78 is 18.6. The second-order valence-corrected chi connectivity index (χ2v) is 4.26. The Hall–Kier alpha value is -1.68. The van der Waals surface area contributed by atoms with E-state index < -0.39 is 0 Å². The predicted octanol–water partition coefficient (Wildman–Crippen LogP) is 3.36. The molecule has 0 spiro atoms. The lowest BCUT2D eigenvalue weighted by atomic mass is 10.0. The van der Waals surface area contributed by atoms with E-state index >= 15 is 0 Å². The van der Waals surface area contributed by atoms with E-state index in [9.17, 15) is 4.39 Å². The van der Waals surface area contributed by atoms with E-state index in [0.29, 0.717) is 12.4 Å². The lowest BCUT2D eigenvalue weighted by molar-refractivity contribution is 0.419. The molecule has 1 atom stereocenters. The summed E-state index contributed by atoms with van der Waals surface area (Å²) in [7, 11) is 0. The Kier molecular flexibility index (Phi) is 4.10. The number of oxazole rings is 1. The van der Waals surface area contributed by atoms with E-state index in [1.54, 1.807) is 18.3 Å². The Morgan fingerprint density at radius 1 is 1.44 bits per heavy atom. The van der Waals surface area contributed by atoms with Gasteiger partial charge in [0.25, 0.3) is 0 Å². The molecule has 0 amide bonds. The van der Waals surface area contributed by atoms with E-state index in [2.05, 4.69) is 17.2 Å². The summed E-state index contributed by atoms with van der Waals surface area (Å²) in [5.41, 5.74) is 0.945. The highest BCUT2D eigenvalue weighted by Gasteiger charge is 2.10. The molecule has 4 heteroatoms. The van der Waals surface area contributed by atoms with Crippen LogP contribution in [0.25, 0.3) is 0 Å². The number of nitrogens with zero attached hydrogens (tertiary/aromatic N) is 1. The van der Waals surface area contributed by atoms with Crippen molar-refractivity contribution < 1.29 is 8.81 Å². The molecule has 1 aromatic carbocycles. The highest BCUT2D eigenvalue weighted by molar-refractivity contribution is 5.20. The van der Waals surface area contributed by atoms with Gasteiger partial charge in [0.1, 0.15) is 11.6 Å². The van der Waals surface area contributed by atoms with Crippen molar-refractivity contribution in [1.82, 2.24) is 10.3 Å². The molecule has 0 fully saturated rings. The van der Waals surface area contributed by atoms with Crippen molar-refractivity contribution in [2.75, 3.05) is 0 Å². The Morgan fingerprint density at radius 2 is 2.28 bits per heavy atom. The molecule has 0 aliphatic heterocycles. The zero-order chi connectivity index (χ0) is 13.0. The topological polar surface area (TPSA) is 38.1 Å². The van der Waals surface area contributed by atoms with Gasteiger partial charge in [-0.3, -0.25) is 0 Å². The first kappa shape index (κ1) is 12.8. The van der Waals surface area contributed by atoms with Crippen molar-refractivity contribution in [3.05, 3.63) is 53.5 Å². The van der Waals surface area contributed by atoms with Crippen molar-refractivity contribution in [3.63, 3.8) is 0 Å². The number of nitrogens with one attached hydrogen (secondary N) is 1. The maximum atomic E-state index is 13.2. The number of halogens is 1. The minimum Gasteiger partial charge on any atom is -0.445 e. The number of rotatable bonds is 5. The first-order valence-electron chi connectivity index (χ1n) is 6.09. The lowest BCUT2D eigenvalue weighted by Crippen LogP contribution is -2.20. The molecule has 1 aromatic heterocycles. The first-order valence-corrected chi connectivity index (χ1v) is 6.09. The lowest BCUT2D eigenvalue weighted by Gasteiger charge is -2.16. The molecule has 2 rings (SSSR count). The smallest absolute Gasteiger partial charge is 0.208 e. The molecule has 0 saturated heterocycles. The van der Waals surface area contributed by atoms with Crippen LogP contribution in [0.3, 0.4) is 0 Å². The quantitative estimate of drug-likeness (QED) is 0.881. The second-order valence-electron chi connectivity index (χ2n) is 4.26. The van der Waals surface area contributed by atoms with Crippen LogP contribution in [0.1, 0.15) is 36.6 Å². The molecule has 96 valence electrons. The highest BCUT2D eigenvalue weighted by atomic mass is 19.1.